The van der Waals surface area contributed by atoms with E-state index in [1.54, 1.807) is 12.1 Å². The van der Waals surface area contributed by atoms with Gasteiger partial charge in [0.15, 0.2) is 6.10 Å². The Morgan fingerprint density at radius 1 is 0.800 bits per heavy atom. The molecule has 1 atom stereocenters. The molecule has 3 aromatic rings. The van der Waals surface area contributed by atoms with E-state index in [0.29, 0.717) is 29.6 Å². The average molecular weight is 692 g/mol. The first-order valence-corrected chi connectivity index (χ1v) is 16.6. The van der Waals surface area contributed by atoms with Crippen LogP contribution in [0.1, 0.15) is 68.1 Å². The van der Waals surface area contributed by atoms with Gasteiger partial charge in [0.1, 0.15) is 0 Å². The normalized spacial score (nSPS) is 11.5. The smallest absolute Gasteiger partial charge is 0.340 e. The van der Waals surface area contributed by atoms with Crippen LogP contribution in [0.3, 0.4) is 0 Å². The van der Waals surface area contributed by atoms with Gasteiger partial charge in [-0.15, -0.1) is 0 Å². The Kier molecular flexibility index (Phi) is 15.7. The number of anilines is 3. The van der Waals surface area contributed by atoms with Crippen molar-refractivity contribution < 1.29 is 38.7 Å². The first-order chi connectivity index (χ1) is 23.8. The van der Waals surface area contributed by atoms with E-state index in [9.17, 15) is 19.2 Å². The second-order valence-corrected chi connectivity index (χ2v) is 12.8. The third kappa shape index (κ3) is 13.5. The number of aryl methyl sites for hydroxylation is 2. The minimum absolute atomic E-state index is 0.0338. The molecule has 3 amide bonds. The molecule has 0 aromatic heterocycles. The SMILES string of the molecule is Cc1ccc(NC(=O)Nc2cc(CCC(=O)OCOC(=O)c3ccc(CNC(=O)C(C)ONO)cc3)ccc2N(CC(C)C)CC(C)C)cc1. The lowest BCUT2D eigenvalue weighted by Gasteiger charge is -2.30. The quantitative estimate of drug-likeness (QED) is 0.0610. The first-order valence-electron chi connectivity index (χ1n) is 16.6. The Morgan fingerprint density at radius 3 is 2.06 bits per heavy atom. The number of benzene rings is 3. The standard InChI is InChI=1S/C37H49N5O8/c1-24(2)21-42(22-25(3)4)33-17-11-28(19-32(33)40-37(46)39-31-15-7-26(5)8-16-31)12-18-34(43)48-23-49-36(45)30-13-9-29(10-14-30)20-38-35(44)27(6)50-41-47/h7-11,13-17,19,24-25,27,41,47H,12,18,20-23H2,1-6H3,(H,38,44)(H2,39,40,46). The van der Waals surface area contributed by atoms with E-state index in [4.69, 9.17) is 14.7 Å². The fourth-order valence-corrected chi connectivity index (χ4v) is 4.96. The lowest BCUT2D eigenvalue weighted by atomic mass is 10.1. The van der Waals surface area contributed by atoms with Crippen molar-refractivity contribution in [2.24, 2.45) is 11.8 Å². The van der Waals surface area contributed by atoms with Crippen LogP contribution in [0, 0.1) is 18.8 Å². The molecule has 270 valence electrons. The van der Waals surface area contributed by atoms with Crippen molar-refractivity contribution in [1.82, 2.24) is 11.0 Å². The van der Waals surface area contributed by atoms with Gasteiger partial charge in [0.05, 0.1) is 16.9 Å². The molecule has 50 heavy (non-hydrogen) atoms. The number of amides is 3. The Morgan fingerprint density at radius 2 is 1.44 bits per heavy atom. The molecule has 0 saturated carbocycles. The zero-order chi connectivity index (χ0) is 36.6. The van der Waals surface area contributed by atoms with Crippen LogP contribution in [-0.4, -0.2) is 55.1 Å². The maximum Gasteiger partial charge on any atom is 0.340 e. The number of nitrogens with one attached hydrogen (secondary N) is 4. The second kappa shape index (κ2) is 19.9. The summed E-state index contributed by atoms with van der Waals surface area (Å²) in [5, 5.41) is 17.1. The monoisotopic (exact) mass is 691 g/mol. The highest BCUT2D eigenvalue weighted by atomic mass is 16.8. The van der Waals surface area contributed by atoms with Crippen LogP contribution in [-0.2, 0) is 36.9 Å². The van der Waals surface area contributed by atoms with Crippen LogP contribution in [0.2, 0.25) is 0 Å². The second-order valence-electron chi connectivity index (χ2n) is 12.8. The molecule has 0 aliphatic heterocycles. The van der Waals surface area contributed by atoms with Gasteiger partial charge in [-0.05, 0) is 79.6 Å². The number of hydrogen-bond acceptors (Lipinski definition) is 10. The Hall–Kier alpha value is -4.98. The molecule has 0 bridgehead atoms. The average Bonchev–Trinajstić information content (AvgIpc) is 3.07. The molecule has 3 rings (SSSR count). The Bertz CT molecular complexity index is 1550. The van der Waals surface area contributed by atoms with Gasteiger partial charge in [-0.2, -0.15) is 0 Å². The van der Waals surface area contributed by atoms with Crippen LogP contribution in [0.5, 0.6) is 0 Å². The van der Waals surface area contributed by atoms with E-state index in [0.717, 1.165) is 35.5 Å². The fourth-order valence-electron chi connectivity index (χ4n) is 4.96. The lowest BCUT2D eigenvalue weighted by molar-refractivity contribution is -0.172. The molecule has 0 fully saturated rings. The van der Waals surface area contributed by atoms with Gasteiger partial charge in [0.25, 0.3) is 5.91 Å². The van der Waals surface area contributed by atoms with Crippen molar-refractivity contribution in [3.05, 3.63) is 89.0 Å². The van der Waals surface area contributed by atoms with Crippen molar-refractivity contribution in [2.45, 2.75) is 67.0 Å². The van der Waals surface area contributed by atoms with Crippen molar-refractivity contribution in [3.63, 3.8) is 0 Å². The van der Waals surface area contributed by atoms with Gasteiger partial charge in [0, 0.05) is 31.7 Å². The molecule has 0 heterocycles. The molecule has 1 unspecified atom stereocenters. The summed E-state index contributed by atoms with van der Waals surface area (Å²) in [6.45, 7) is 13.3. The zero-order valence-electron chi connectivity index (χ0n) is 29.6. The summed E-state index contributed by atoms with van der Waals surface area (Å²) in [5.74, 6) is -0.873. The summed E-state index contributed by atoms with van der Waals surface area (Å²) in [6.07, 6.45) is -0.531. The third-order valence-electron chi connectivity index (χ3n) is 7.41. The predicted molar refractivity (Wildman–Crippen MR) is 191 cm³/mol. The highest BCUT2D eigenvalue weighted by molar-refractivity contribution is 6.02. The van der Waals surface area contributed by atoms with Crippen LogP contribution in [0.25, 0.3) is 0 Å². The van der Waals surface area contributed by atoms with Gasteiger partial charge < -0.3 is 30.3 Å². The van der Waals surface area contributed by atoms with Crippen molar-refractivity contribution >= 4 is 40.9 Å². The molecule has 0 aliphatic rings. The lowest BCUT2D eigenvalue weighted by Crippen LogP contribution is -2.36. The topological polar surface area (TPSA) is 168 Å². The van der Waals surface area contributed by atoms with Gasteiger partial charge in [-0.1, -0.05) is 69.2 Å². The Labute approximate surface area is 293 Å². The Balaban J connectivity index is 1.57. The van der Waals surface area contributed by atoms with Crippen LogP contribution >= 0.6 is 0 Å². The summed E-state index contributed by atoms with van der Waals surface area (Å²) < 4.78 is 10.3. The largest absolute Gasteiger partial charge is 0.428 e. The minimum atomic E-state index is -0.907. The molecule has 0 spiro atoms. The maximum atomic E-state index is 13.1. The van der Waals surface area contributed by atoms with Crippen LogP contribution < -0.4 is 26.5 Å². The van der Waals surface area contributed by atoms with Crippen LogP contribution in [0.4, 0.5) is 21.9 Å². The van der Waals surface area contributed by atoms with E-state index < -0.39 is 30.7 Å². The zero-order valence-corrected chi connectivity index (χ0v) is 29.6. The van der Waals surface area contributed by atoms with Gasteiger partial charge in [-0.3, -0.25) is 19.6 Å². The first kappa shape index (κ1) is 39.5. The van der Waals surface area contributed by atoms with Crippen LogP contribution in [0.15, 0.2) is 66.7 Å². The van der Waals surface area contributed by atoms with Gasteiger partial charge in [0.2, 0.25) is 6.79 Å². The number of hydrogen-bond donors (Lipinski definition) is 5. The summed E-state index contributed by atoms with van der Waals surface area (Å²) in [4.78, 5) is 56.8. The van der Waals surface area contributed by atoms with Crippen molar-refractivity contribution in [1.29, 1.82) is 0 Å². The predicted octanol–water partition coefficient (Wildman–Crippen LogP) is 5.96. The van der Waals surface area contributed by atoms with E-state index in [1.807, 2.05) is 49.4 Å². The summed E-state index contributed by atoms with van der Waals surface area (Å²) in [5.41, 5.74) is 6.55. The minimum Gasteiger partial charge on any atom is -0.428 e. The van der Waals surface area contributed by atoms with Crippen molar-refractivity contribution in [3.8, 4) is 0 Å². The van der Waals surface area contributed by atoms with E-state index in [1.165, 1.54) is 24.7 Å². The fraction of sp³-hybridized carbons (Fsp3) is 0.405. The van der Waals surface area contributed by atoms with E-state index >= 15 is 0 Å². The molecule has 13 heteroatoms. The highest BCUT2D eigenvalue weighted by Crippen LogP contribution is 2.30. The molecule has 0 aliphatic carbocycles. The number of ether oxygens (including phenoxy) is 2. The summed E-state index contributed by atoms with van der Waals surface area (Å²) in [6, 6.07) is 19.3. The number of carbonyl (C=O) groups is 4. The van der Waals surface area contributed by atoms with Gasteiger partial charge in [-0.25, -0.2) is 9.59 Å². The molecular formula is C37H49N5O8. The summed E-state index contributed by atoms with van der Waals surface area (Å²) >= 11 is 0. The van der Waals surface area contributed by atoms with E-state index in [2.05, 4.69) is 53.4 Å². The molecule has 5 N–H and O–H groups in total. The number of nitrogens with zero attached hydrogens (tertiary/aromatic N) is 1. The number of carbonyl (C=O) groups excluding carboxylic acids is 4. The molecule has 3 aromatic carbocycles. The number of rotatable bonds is 18. The molecule has 0 saturated heterocycles. The van der Waals surface area contributed by atoms with Crippen molar-refractivity contribution in [2.75, 3.05) is 35.4 Å². The molecule has 13 nitrogen and oxygen atoms in total. The maximum absolute atomic E-state index is 13.1. The number of esters is 2. The van der Waals surface area contributed by atoms with Gasteiger partial charge >= 0.3 is 18.0 Å². The molecular weight excluding hydrogens is 642 g/mol. The highest BCUT2D eigenvalue weighted by Gasteiger charge is 2.18. The molecule has 0 radical (unpaired) electrons. The third-order valence-corrected chi connectivity index (χ3v) is 7.41. The number of urea groups is 1. The summed E-state index contributed by atoms with van der Waals surface area (Å²) in [7, 11) is 0. The van der Waals surface area contributed by atoms with E-state index in [-0.39, 0.29) is 24.6 Å².